The van der Waals surface area contributed by atoms with Gasteiger partial charge in [0.15, 0.2) is 0 Å². The number of ether oxygens (including phenoxy) is 1. The zero-order valence-corrected chi connectivity index (χ0v) is 15.4. The van der Waals surface area contributed by atoms with Crippen molar-refractivity contribution >= 4 is 11.8 Å². The Morgan fingerprint density at radius 2 is 2.08 bits per heavy atom. The lowest BCUT2D eigenvalue weighted by Crippen LogP contribution is -2.57. The highest BCUT2D eigenvalue weighted by Gasteiger charge is 2.53. The van der Waals surface area contributed by atoms with Crippen molar-refractivity contribution in [3.8, 4) is 5.75 Å². The van der Waals surface area contributed by atoms with Crippen LogP contribution in [0.25, 0.3) is 0 Å². The molecule has 1 heterocycles. The fraction of sp³-hybridized carbons (Fsp3) is 0.619. The predicted octanol–water partition coefficient (Wildman–Crippen LogP) is 4.07. The van der Waals surface area contributed by atoms with Crippen LogP contribution in [0.1, 0.15) is 63.9 Å². The Morgan fingerprint density at radius 1 is 1.24 bits per heavy atom. The van der Waals surface area contributed by atoms with Gasteiger partial charge in [0.05, 0.1) is 7.11 Å². The highest BCUT2D eigenvalue weighted by molar-refractivity contribution is 6.01. The Kier molecular flexibility index (Phi) is 5.45. The number of carbonyl (C=O) groups is 2. The van der Waals surface area contributed by atoms with E-state index in [1.54, 1.807) is 12.0 Å². The zero-order chi connectivity index (χ0) is 17.9. The van der Waals surface area contributed by atoms with Crippen LogP contribution in [-0.2, 0) is 15.0 Å². The van der Waals surface area contributed by atoms with Gasteiger partial charge in [0.1, 0.15) is 5.75 Å². The molecule has 1 aromatic rings. The molecule has 4 heteroatoms. The molecule has 1 saturated carbocycles. The Balaban J connectivity index is 1.92. The normalized spacial score (nSPS) is 26.5. The van der Waals surface area contributed by atoms with E-state index in [4.69, 9.17) is 4.74 Å². The summed E-state index contributed by atoms with van der Waals surface area (Å²) < 4.78 is 5.38. The first-order valence-corrected chi connectivity index (χ1v) is 9.61. The summed E-state index contributed by atoms with van der Waals surface area (Å²) in [6.45, 7) is 2.71. The summed E-state index contributed by atoms with van der Waals surface area (Å²) in [5, 5.41) is 0. The SMILES string of the molecule is CCCCCN1C(=O)CC2(c3cccc(OC)c3)CCCCC2C1=O. The van der Waals surface area contributed by atoms with Crippen molar-refractivity contribution in [3.05, 3.63) is 29.8 Å². The van der Waals surface area contributed by atoms with Crippen LogP contribution in [0.4, 0.5) is 0 Å². The van der Waals surface area contributed by atoms with Gasteiger partial charge in [-0.05, 0) is 37.0 Å². The molecule has 2 amide bonds. The first-order chi connectivity index (χ1) is 12.1. The number of carbonyl (C=O) groups excluding carboxylic acids is 2. The maximum atomic E-state index is 13.2. The number of hydrogen-bond acceptors (Lipinski definition) is 3. The molecule has 0 aromatic heterocycles. The number of methoxy groups -OCH3 is 1. The van der Waals surface area contributed by atoms with Crippen molar-refractivity contribution in [2.45, 2.75) is 63.7 Å². The molecule has 136 valence electrons. The standard InChI is InChI=1S/C21H29NO3/c1-3-4-7-13-22-19(23)15-21(12-6-5-11-18(21)20(22)24)16-9-8-10-17(14-16)25-2/h8-10,14,18H,3-7,11-13,15H2,1-2H3. The van der Waals surface area contributed by atoms with E-state index in [0.717, 1.165) is 56.3 Å². The molecule has 0 radical (unpaired) electrons. The summed E-state index contributed by atoms with van der Waals surface area (Å²) in [6, 6.07) is 7.97. The first-order valence-electron chi connectivity index (χ1n) is 9.61. The third kappa shape index (κ3) is 3.31. The quantitative estimate of drug-likeness (QED) is 0.578. The summed E-state index contributed by atoms with van der Waals surface area (Å²) in [7, 11) is 1.65. The maximum Gasteiger partial charge on any atom is 0.233 e. The number of piperidine rings is 1. The average molecular weight is 343 g/mol. The molecule has 1 aliphatic carbocycles. The lowest BCUT2D eigenvalue weighted by atomic mass is 9.58. The smallest absolute Gasteiger partial charge is 0.233 e. The van der Waals surface area contributed by atoms with Gasteiger partial charge in [0.25, 0.3) is 0 Å². The summed E-state index contributed by atoms with van der Waals surface area (Å²) in [5.74, 6) is 0.770. The van der Waals surface area contributed by atoms with E-state index in [1.807, 2.05) is 18.2 Å². The summed E-state index contributed by atoms with van der Waals surface area (Å²) in [4.78, 5) is 27.6. The molecule has 1 saturated heterocycles. The van der Waals surface area contributed by atoms with Gasteiger partial charge in [-0.1, -0.05) is 44.7 Å². The van der Waals surface area contributed by atoms with Crippen LogP contribution in [0, 0.1) is 5.92 Å². The molecule has 1 aliphatic heterocycles. The van der Waals surface area contributed by atoms with Gasteiger partial charge in [0.2, 0.25) is 11.8 Å². The van der Waals surface area contributed by atoms with Gasteiger partial charge in [-0.3, -0.25) is 14.5 Å². The van der Waals surface area contributed by atoms with Gasteiger partial charge >= 0.3 is 0 Å². The van der Waals surface area contributed by atoms with Gasteiger partial charge < -0.3 is 4.74 Å². The Morgan fingerprint density at radius 3 is 2.84 bits per heavy atom. The number of hydrogen-bond donors (Lipinski definition) is 0. The fourth-order valence-electron chi connectivity index (χ4n) is 4.62. The third-order valence-corrected chi connectivity index (χ3v) is 5.99. The van der Waals surface area contributed by atoms with Crippen molar-refractivity contribution in [1.82, 2.24) is 4.90 Å². The minimum absolute atomic E-state index is 0.00192. The number of nitrogens with zero attached hydrogens (tertiary/aromatic N) is 1. The van der Waals surface area contributed by atoms with E-state index in [-0.39, 0.29) is 23.1 Å². The highest BCUT2D eigenvalue weighted by atomic mass is 16.5. The number of imide groups is 1. The Hall–Kier alpha value is -1.84. The van der Waals surface area contributed by atoms with Crippen LogP contribution in [0.3, 0.4) is 0 Å². The molecule has 2 fully saturated rings. The number of unbranched alkanes of at least 4 members (excludes halogenated alkanes) is 2. The first kappa shape index (κ1) is 18.0. The number of likely N-dealkylation sites (tertiary alicyclic amines) is 1. The van der Waals surface area contributed by atoms with Crippen molar-refractivity contribution in [3.63, 3.8) is 0 Å². The van der Waals surface area contributed by atoms with Crippen LogP contribution in [0.2, 0.25) is 0 Å². The molecule has 0 bridgehead atoms. The Labute approximate surface area is 150 Å². The number of benzene rings is 1. The molecule has 2 aliphatic rings. The van der Waals surface area contributed by atoms with E-state index in [9.17, 15) is 9.59 Å². The van der Waals surface area contributed by atoms with E-state index in [1.165, 1.54) is 0 Å². The largest absolute Gasteiger partial charge is 0.497 e. The Bertz CT molecular complexity index is 642. The van der Waals surface area contributed by atoms with Crippen LogP contribution < -0.4 is 4.74 Å². The number of amides is 2. The molecule has 25 heavy (non-hydrogen) atoms. The monoisotopic (exact) mass is 343 g/mol. The van der Waals surface area contributed by atoms with E-state index in [2.05, 4.69) is 13.0 Å². The van der Waals surface area contributed by atoms with Gasteiger partial charge in [-0.2, -0.15) is 0 Å². The lowest BCUT2D eigenvalue weighted by Gasteiger charge is -2.49. The van der Waals surface area contributed by atoms with E-state index < -0.39 is 0 Å². The van der Waals surface area contributed by atoms with Gasteiger partial charge in [0, 0.05) is 24.3 Å². The molecule has 4 nitrogen and oxygen atoms in total. The third-order valence-electron chi connectivity index (χ3n) is 5.99. The predicted molar refractivity (Wildman–Crippen MR) is 97.5 cm³/mol. The van der Waals surface area contributed by atoms with Crippen LogP contribution >= 0.6 is 0 Å². The van der Waals surface area contributed by atoms with Gasteiger partial charge in [-0.25, -0.2) is 0 Å². The second-order valence-corrected chi connectivity index (χ2v) is 7.45. The second kappa shape index (κ2) is 7.59. The lowest BCUT2D eigenvalue weighted by molar-refractivity contribution is -0.158. The van der Waals surface area contributed by atoms with Crippen LogP contribution in [0.5, 0.6) is 5.75 Å². The van der Waals surface area contributed by atoms with E-state index >= 15 is 0 Å². The zero-order valence-electron chi connectivity index (χ0n) is 15.4. The molecule has 0 N–H and O–H groups in total. The fourth-order valence-corrected chi connectivity index (χ4v) is 4.62. The van der Waals surface area contributed by atoms with Crippen molar-refractivity contribution in [2.75, 3.05) is 13.7 Å². The van der Waals surface area contributed by atoms with Crippen molar-refractivity contribution in [1.29, 1.82) is 0 Å². The summed E-state index contributed by atoms with van der Waals surface area (Å²) in [5.41, 5.74) is 0.744. The molecule has 1 aromatic carbocycles. The molecule has 3 rings (SSSR count). The highest BCUT2D eigenvalue weighted by Crippen LogP contribution is 2.50. The summed E-state index contributed by atoms with van der Waals surface area (Å²) >= 11 is 0. The topological polar surface area (TPSA) is 46.6 Å². The number of rotatable bonds is 6. The van der Waals surface area contributed by atoms with Gasteiger partial charge in [-0.15, -0.1) is 0 Å². The summed E-state index contributed by atoms with van der Waals surface area (Å²) in [6.07, 6.45) is 7.44. The molecule has 2 unspecified atom stereocenters. The van der Waals surface area contributed by atoms with Crippen LogP contribution in [0.15, 0.2) is 24.3 Å². The van der Waals surface area contributed by atoms with Crippen LogP contribution in [-0.4, -0.2) is 30.4 Å². The van der Waals surface area contributed by atoms with Crippen molar-refractivity contribution < 1.29 is 14.3 Å². The minimum atomic E-state index is -0.345. The maximum absolute atomic E-state index is 13.2. The molecular formula is C21H29NO3. The van der Waals surface area contributed by atoms with E-state index in [0.29, 0.717) is 13.0 Å². The molecule has 2 atom stereocenters. The minimum Gasteiger partial charge on any atom is -0.497 e. The molecular weight excluding hydrogens is 314 g/mol. The average Bonchev–Trinajstić information content (AvgIpc) is 2.64. The second-order valence-electron chi connectivity index (χ2n) is 7.45. The van der Waals surface area contributed by atoms with Crippen molar-refractivity contribution in [2.24, 2.45) is 5.92 Å². The molecule has 0 spiro atoms. The number of fused-ring (bicyclic) bond motifs is 1.